The third-order valence-electron chi connectivity index (χ3n) is 5.31. The summed E-state index contributed by atoms with van der Waals surface area (Å²) in [5.74, 6) is 0.666. The molecular weight excluding hydrogens is 369 g/mol. The second-order valence-corrected chi connectivity index (χ2v) is 7.27. The van der Waals surface area contributed by atoms with Crippen LogP contribution in [0.4, 0.5) is 16.2 Å². The molecule has 8 heteroatoms. The van der Waals surface area contributed by atoms with Crippen molar-refractivity contribution in [1.82, 2.24) is 24.6 Å². The second-order valence-electron chi connectivity index (χ2n) is 7.27. The van der Waals surface area contributed by atoms with Gasteiger partial charge in [0, 0.05) is 30.9 Å². The van der Waals surface area contributed by atoms with E-state index in [0.29, 0.717) is 12.4 Å². The Hall–Kier alpha value is -3.00. The summed E-state index contributed by atoms with van der Waals surface area (Å²) in [5, 5.41) is 7.71. The normalized spacial score (nSPS) is 15.5. The molecule has 2 aromatic heterocycles. The first-order valence-corrected chi connectivity index (χ1v) is 10.0. The standard InChI is InChI=1S/C21H26FN7/c1-2-29-14-16(12-25-29)18-11-20(27-21(23)26-18)24-13-19(28-9-3-4-10-28)15-5-7-17(22)8-6-15/h5-8,11-12,14,19H,2-4,9-10,13H2,1H3,(H3,23,24,26,27). The summed E-state index contributed by atoms with van der Waals surface area (Å²) in [5.41, 5.74) is 8.68. The maximum absolute atomic E-state index is 13.4. The van der Waals surface area contributed by atoms with E-state index in [1.54, 1.807) is 6.20 Å². The zero-order valence-electron chi connectivity index (χ0n) is 16.6. The third-order valence-corrected chi connectivity index (χ3v) is 5.31. The Morgan fingerprint density at radius 2 is 1.93 bits per heavy atom. The van der Waals surface area contributed by atoms with E-state index in [2.05, 4.69) is 25.3 Å². The van der Waals surface area contributed by atoms with Crippen molar-refractivity contribution in [3.63, 3.8) is 0 Å². The topological polar surface area (TPSA) is 84.9 Å². The molecule has 0 bridgehead atoms. The van der Waals surface area contributed by atoms with Gasteiger partial charge in [-0.25, -0.2) is 9.37 Å². The van der Waals surface area contributed by atoms with Crippen LogP contribution in [0.3, 0.4) is 0 Å². The van der Waals surface area contributed by atoms with Gasteiger partial charge in [-0.1, -0.05) is 12.1 Å². The lowest BCUT2D eigenvalue weighted by molar-refractivity contribution is 0.255. The van der Waals surface area contributed by atoms with E-state index in [4.69, 9.17) is 5.73 Å². The molecule has 4 rings (SSSR count). The highest BCUT2D eigenvalue weighted by atomic mass is 19.1. The molecule has 1 aliphatic heterocycles. The van der Waals surface area contributed by atoms with Crippen LogP contribution in [-0.2, 0) is 6.54 Å². The highest BCUT2D eigenvalue weighted by molar-refractivity contribution is 5.62. The molecule has 0 amide bonds. The molecule has 0 aliphatic carbocycles. The number of hydrogen-bond acceptors (Lipinski definition) is 6. The van der Waals surface area contributed by atoms with Crippen LogP contribution in [0.25, 0.3) is 11.3 Å². The lowest BCUT2D eigenvalue weighted by Gasteiger charge is -2.28. The zero-order chi connectivity index (χ0) is 20.2. The fourth-order valence-electron chi connectivity index (χ4n) is 3.77. The van der Waals surface area contributed by atoms with Crippen molar-refractivity contribution in [2.24, 2.45) is 0 Å². The third kappa shape index (κ3) is 4.54. The zero-order valence-corrected chi connectivity index (χ0v) is 16.6. The number of rotatable bonds is 7. The Bertz CT molecular complexity index is 948. The van der Waals surface area contributed by atoms with Gasteiger partial charge < -0.3 is 11.1 Å². The number of anilines is 2. The fraction of sp³-hybridized carbons (Fsp3) is 0.381. The van der Waals surface area contributed by atoms with Gasteiger partial charge in [0.25, 0.3) is 0 Å². The molecule has 7 nitrogen and oxygen atoms in total. The van der Waals surface area contributed by atoms with Gasteiger partial charge in [-0.05, 0) is 50.6 Å². The maximum Gasteiger partial charge on any atom is 0.222 e. The first-order chi connectivity index (χ1) is 14.1. The highest BCUT2D eigenvalue weighted by Crippen LogP contribution is 2.27. The minimum Gasteiger partial charge on any atom is -0.368 e. The summed E-state index contributed by atoms with van der Waals surface area (Å²) in [7, 11) is 0. The molecule has 1 fully saturated rings. The highest BCUT2D eigenvalue weighted by Gasteiger charge is 2.23. The number of hydrogen-bond donors (Lipinski definition) is 2. The molecular formula is C21H26FN7. The first kappa shape index (κ1) is 19.3. The van der Waals surface area contributed by atoms with Crippen LogP contribution in [0, 0.1) is 5.82 Å². The van der Waals surface area contributed by atoms with E-state index in [1.165, 1.54) is 25.0 Å². The number of aromatic nitrogens is 4. The fourth-order valence-corrected chi connectivity index (χ4v) is 3.77. The summed E-state index contributed by atoms with van der Waals surface area (Å²) in [6.45, 7) is 5.55. The largest absolute Gasteiger partial charge is 0.368 e. The summed E-state index contributed by atoms with van der Waals surface area (Å²) in [6.07, 6.45) is 6.09. The Labute approximate surface area is 169 Å². The number of halogens is 1. The molecule has 0 spiro atoms. The van der Waals surface area contributed by atoms with Crippen molar-refractivity contribution in [2.75, 3.05) is 30.7 Å². The van der Waals surface area contributed by atoms with E-state index >= 15 is 0 Å². The number of nitrogens with two attached hydrogens (primary N) is 1. The molecule has 1 unspecified atom stereocenters. The van der Waals surface area contributed by atoms with Gasteiger partial charge in [0.15, 0.2) is 0 Å². The number of nitrogens with one attached hydrogen (secondary N) is 1. The van der Waals surface area contributed by atoms with Gasteiger partial charge in [0.1, 0.15) is 11.6 Å². The lowest BCUT2D eigenvalue weighted by Crippen LogP contribution is -2.31. The summed E-state index contributed by atoms with van der Waals surface area (Å²) < 4.78 is 15.2. The molecule has 1 aromatic carbocycles. The lowest BCUT2D eigenvalue weighted by atomic mass is 10.1. The molecule has 1 saturated heterocycles. The molecule has 0 saturated carbocycles. The second kappa shape index (κ2) is 8.57. The Balaban J connectivity index is 1.54. The van der Waals surface area contributed by atoms with E-state index in [-0.39, 0.29) is 17.8 Å². The molecule has 3 N–H and O–H groups in total. The molecule has 1 atom stereocenters. The molecule has 29 heavy (non-hydrogen) atoms. The van der Waals surface area contributed by atoms with E-state index in [0.717, 1.165) is 36.5 Å². The summed E-state index contributed by atoms with van der Waals surface area (Å²) in [4.78, 5) is 11.1. The average molecular weight is 395 g/mol. The van der Waals surface area contributed by atoms with Crippen molar-refractivity contribution >= 4 is 11.8 Å². The van der Waals surface area contributed by atoms with Crippen LogP contribution in [0.5, 0.6) is 0 Å². The number of benzene rings is 1. The number of aryl methyl sites for hydroxylation is 1. The van der Waals surface area contributed by atoms with Crippen molar-refractivity contribution in [3.05, 3.63) is 54.1 Å². The van der Waals surface area contributed by atoms with Gasteiger partial charge in [-0.2, -0.15) is 10.1 Å². The van der Waals surface area contributed by atoms with Crippen molar-refractivity contribution < 1.29 is 4.39 Å². The van der Waals surface area contributed by atoms with Crippen LogP contribution in [0.1, 0.15) is 31.4 Å². The van der Waals surface area contributed by atoms with Crippen molar-refractivity contribution in [3.8, 4) is 11.3 Å². The predicted molar refractivity (Wildman–Crippen MR) is 112 cm³/mol. The first-order valence-electron chi connectivity index (χ1n) is 10.0. The summed E-state index contributed by atoms with van der Waals surface area (Å²) in [6, 6.07) is 8.78. The van der Waals surface area contributed by atoms with Crippen LogP contribution in [-0.4, -0.2) is 44.3 Å². The van der Waals surface area contributed by atoms with Crippen LogP contribution >= 0.6 is 0 Å². The number of nitrogen functional groups attached to an aromatic ring is 1. The van der Waals surface area contributed by atoms with Crippen molar-refractivity contribution in [2.45, 2.75) is 32.4 Å². The van der Waals surface area contributed by atoms with Gasteiger partial charge >= 0.3 is 0 Å². The Kier molecular flexibility index (Phi) is 5.71. The van der Waals surface area contributed by atoms with Gasteiger partial charge in [-0.15, -0.1) is 0 Å². The smallest absolute Gasteiger partial charge is 0.222 e. The monoisotopic (exact) mass is 395 g/mol. The molecule has 0 radical (unpaired) electrons. The summed E-state index contributed by atoms with van der Waals surface area (Å²) >= 11 is 0. The molecule has 3 aromatic rings. The van der Waals surface area contributed by atoms with Gasteiger partial charge in [-0.3, -0.25) is 9.58 Å². The SMILES string of the molecule is CCn1cc(-c2cc(NCC(c3ccc(F)cc3)N3CCCC3)nc(N)n2)cn1. The maximum atomic E-state index is 13.4. The minimum absolute atomic E-state index is 0.139. The van der Waals surface area contributed by atoms with Crippen LogP contribution in [0.2, 0.25) is 0 Å². The quantitative estimate of drug-likeness (QED) is 0.638. The van der Waals surface area contributed by atoms with E-state index < -0.39 is 0 Å². The van der Waals surface area contributed by atoms with Crippen molar-refractivity contribution in [1.29, 1.82) is 0 Å². The Morgan fingerprint density at radius 1 is 1.17 bits per heavy atom. The van der Waals surface area contributed by atoms with Crippen LogP contribution in [0.15, 0.2) is 42.7 Å². The van der Waals surface area contributed by atoms with E-state index in [1.807, 2.05) is 36.0 Å². The Morgan fingerprint density at radius 3 is 2.62 bits per heavy atom. The molecule has 1 aliphatic rings. The number of likely N-dealkylation sites (tertiary alicyclic amines) is 1. The minimum atomic E-state index is -0.220. The van der Waals surface area contributed by atoms with Crippen LogP contribution < -0.4 is 11.1 Å². The average Bonchev–Trinajstić information content (AvgIpc) is 3.41. The molecule has 3 heterocycles. The van der Waals surface area contributed by atoms with E-state index in [9.17, 15) is 4.39 Å². The number of nitrogens with zero attached hydrogens (tertiary/aromatic N) is 5. The predicted octanol–water partition coefficient (Wildman–Crippen LogP) is 3.33. The molecule has 152 valence electrons. The van der Waals surface area contributed by atoms with Gasteiger partial charge in [0.05, 0.1) is 17.9 Å². The van der Waals surface area contributed by atoms with Gasteiger partial charge in [0.2, 0.25) is 5.95 Å².